The van der Waals surface area contributed by atoms with Crippen LogP contribution in [0.3, 0.4) is 0 Å². The third-order valence-corrected chi connectivity index (χ3v) is 5.20. The Morgan fingerprint density at radius 3 is 2.46 bits per heavy atom. The van der Waals surface area contributed by atoms with E-state index in [-0.39, 0.29) is 4.90 Å². The quantitative estimate of drug-likeness (QED) is 0.746. The smallest absolute Gasteiger partial charge is 0.241 e. The summed E-state index contributed by atoms with van der Waals surface area (Å²) in [6.07, 6.45) is 2.47. The summed E-state index contributed by atoms with van der Waals surface area (Å²) < 4.78 is 30.0. The van der Waals surface area contributed by atoms with Crippen LogP contribution in [0.4, 0.5) is 0 Å². The van der Waals surface area contributed by atoms with Crippen molar-refractivity contribution in [2.24, 2.45) is 5.92 Å². The molecular weight excluding hydrogens is 324 g/mol. The molecule has 0 radical (unpaired) electrons. The summed E-state index contributed by atoms with van der Waals surface area (Å²) in [6.45, 7) is 4.10. The molecule has 0 spiro atoms. The summed E-state index contributed by atoms with van der Waals surface area (Å²) in [4.78, 5) is 0.243. The van der Waals surface area contributed by atoms with Gasteiger partial charge in [0, 0.05) is 6.20 Å². The molecule has 0 bridgehead atoms. The van der Waals surface area contributed by atoms with Crippen molar-refractivity contribution in [1.29, 1.82) is 0 Å². The number of nitrogens with zero attached hydrogens (tertiary/aromatic N) is 3. The van der Waals surface area contributed by atoms with Crippen molar-refractivity contribution in [2.75, 3.05) is 0 Å². The Kier molecular flexibility index (Phi) is 4.64. The monoisotopic (exact) mass is 344 g/mol. The second-order valence-corrected chi connectivity index (χ2v) is 7.82. The molecule has 24 heavy (non-hydrogen) atoms. The number of benzene rings is 1. The average Bonchev–Trinajstić information content (AvgIpc) is 2.98. The van der Waals surface area contributed by atoms with E-state index in [9.17, 15) is 8.42 Å². The summed E-state index contributed by atoms with van der Waals surface area (Å²) >= 11 is 0. The van der Waals surface area contributed by atoms with E-state index < -0.39 is 16.1 Å². The molecule has 3 rings (SSSR count). The van der Waals surface area contributed by atoms with Gasteiger partial charge in [-0.05, 0) is 36.6 Å². The van der Waals surface area contributed by atoms with Crippen LogP contribution in [0.1, 0.15) is 32.1 Å². The number of aromatic nitrogens is 3. The van der Waals surface area contributed by atoms with Crippen molar-refractivity contribution in [3.63, 3.8) is 0 Å². The van der Waals surface area contributed by atoms with E-state index in [0.29, 0.717) is 23.8 Å². The number of fused-ring (bicyclic) bond motifs is 1. The fourth-order valence-electron chi connectivity index (χ4n) is 2.63. The van der Waals surface area contributed by atoms with Gasteiger partial charge in [0.15, 0.2) is 11.5 Å². The van der Waals surface area contributed by atoms with Gasteiger partial charge >= 0.3 is 0 Å². The zero-order chi connectivity index (χ0) is 17.2. The predicted octanol–water partition coefficient (Wildman–Crippen LogP) is 2.80. The first-order valence-corrected chi connectivity index (χ1v) is 9.33. The van der Waals surface area contributed by atoms with Crippen molar-refractivity contribution in [2.45, 2.75) is 31.2 Å². The molecule has 0 aliphatic heterocycles. The van der Waals surface area contributed by atoms with Crippen LogP contribution in [0.5, 0.6) is 0 Å². The largest absolute Gasteiger partial charge is 0.285 e. The minimum Gasteiger partial charge on any atom is -0.285 e. The molecule has 0 saturated heterocycles. The highest BCUT2D eigenvalue weighted by Gasteiger charge is 2.25. The molecule has 0 saturated carbocycles. The Morgan fingerprint density at radius 2 is 1.75 bits per heavy atom. The van der Waals surface area contributed by atoms with Gasteiger partial charge in [0.05, 0.1) is 10.9 Å². The molecule has 7 heteroatoms. The van der Waals surface area contributed by atoms with Crippen molar-refractivity contribution in [1.82, 2.24) is 19.3 Å². The van der Waals surface area contributed by atoms with Gasteiger partial charge in [-0.2, -0.15) is 0 Å². The molecule has 1 N–H and O–H groups in total. The maximum absolute atomic E-state index is 12.7. The van der Waals surface area contributed by atoms with Crippen molar-refractivity contribution in [3.8, 4) is 0 Å². The molecule has 0 amide bonds. The van der Waals surface area contributed by atoms with Gasteiger partial charge in [-0.1, -0.05) is 38.1 Å². The summed E-state index contributed by atoms with van der Waals surface area (Å²) in [5.41, 5.74) is 0.695. The molecule has 2 heterocycles. The molecule has 0 aliphatic rings. The van der Waals surface area contributed by atoms with Gasteiger partial charge in [0.2, 0.25) is 10.0 Å². The van der Waals surface area contributed by atoms with Gasteiger partial charge in [-0.3, -0.25) is 4.40 Å². The summed E-state index contributed by atoms with van der Waals surface area (Å²) in [6, 6.07) is 13.5. The van der Waals surface area contributed by atoms with Gasteiger partial charge in [0.25, 0.3) is 0 Å². The van der Waals surface area contributed by atoms with Crippen LogP contribution < -0.4 is 4.72 Å². The second-order valence-electron chi connectivity index (χ2n) is 6.10. The van der Waals surface area contributed by atoms with E-state index in [4.69, 9.17) is 0 Å². The fraction of sp³-hybridized carbons (Fsp3) is 0.294. The van der Waals surface area contributed by atoms with E-state index in [2.05, 4.69) is 14.9 Å². The van der Waals surface area contributed by atoms with Crippen LogP contribution in [-0.4, -0.2) is 23.0 Å². The van der Waals surface area contributed by atoms with E-state index in [0.717, 1.165) is 0 Å². The normalized spacial score (nSPS) is 13.5. The lowest BCUT2D eigenvalue weighted by Gasteiger charge is -2.19. The topological polar surface area (TPSA) is 76.4 Å². The third-order valence-electron chi connectivity index (χ3n) is 3.71. The van der Waals surface area contributed by atoms with Gasteiger partial charge < -0.3 is 0 Å². The summed E-state index contributed by atoms with van der Waals surface area (Å²) in [7, 11) is -3.63. The predicted molar refractivity (Wildman–Crippen MR) is 91.9 cm³/mol. The van der Waals surface area contributed by atoms with Gasteiger partial charge in [0.1, 0.15) is 0 Å². The zero-order valence-electron chi connectivity index (χ0n) is 13.6. The third kappa shape index (κ3) is 3.47. The first-order chi connectivity index (χ1) is 11.5. The zero-order valence-corrected chi connectivity index (χ0v) is 14.4. The van der Waals surface area contributed by atoms with Crippen molar-refractivity contribution in [3.05, 3.63) is 60.6 Å². The Morgan fingerprint density at radius 1 is 1.04 bits per heavy atom. The van der Waals surface area contributed by atoms with E-state index in [1.165, 1.54) is 0 Å². The molecule has 126 valence electrons. The molecule has 1 aromatic carbocycles. The first kappa shape index (κ1) is 16.6. The number of hydrogen-bond donors (Lipinski definition) is 1. The molecule has 3 aromatic rings. The average molecular weight is 344 g/mol. The minimum absolute atomic E-state index is 0.243. The molecular formula is C17H20N4O2S. The van der Waals surface area contributed by atoms with Crippen LogP contribution in [-0.2, 0) is 10.0 Å². The Labute approximate surface area is 141 Å². The Hall–Kier alpha value is -2.25. The van der Waals surface area contributed by atoms with Crippen LogP contribution >= 0.6 is 0 Å². The standard InChI is InChI=1S/C17H20N4O2S/c1-13(2)12-15(17-19-18-16-10-6-7-11-21(16)17)20-24(22,23)14-8-4-3-5-9-14/h3-11,13,15,20H,12H2,1-2H3/t15-/m1/s1. The summed E-state index contributed by atoms with van der Waals surface area (Å²) in [5.74, 6) is 0.892. The lowest BCUT2D eigenvalue weighted by atomic mass is 10.0. The molecule has 0 aliphatic carbocycles. The number of rotatable bonds is 6. The number of sulfonamides is 1. The molecule has 2 aromatic heterocycles. The number of hydrogen-bond acceptors (Lipinski definition) is 4. The molecule has 6 nitrogen and oxygen atoms in total. The second kappa shape index (κ2) is 6.70. The van der Waals surface area contributed by atoms with Gasteiger partial charge in [-0.15, -0.1) is 10.2 Å². The Balaban J connectivity index is 1.98. The minimum atomic E-state index is -3.63. The molecule has 0 unspecified atom stereocenters. The molecule has 0 fully saturated rings. The van der Waals surface area contributed by atoms with Crippen molar-refractivity contribution < 1.29 is 8.42 Å². The van der Waals surface area contributed by atoms with Crippen molar-refractivity contribution >= 4 is 15.7 Å². The number of pyridine rings is 1. The highest BCUT2D eigenvalue weighted by atomic mass is 32.2. The maximum atomic E-state index is 12.7. The van der Waals surface area contributed by atoms with E-state index in [1.807, 2.05) is 42.6 Å². The first-order valence-electron chi connectivity index (χ1n) is 7.84. The highest BCUT2D eigenvalue weighted by Crippen LogP contribution is 2.23. The fourth-order valence-corrected chi connectivity index (χ4v) is 3.86. The van der Waals surface area contributed by atoms with Crippen LogP contribution in [0.15, 0.2) is 59.6 Å². The lowest BCUT2D eigenvalue weighted by Crippen LogP contribution is -2.31. The summed E-state index contributed by atoms with van der Waals surface area (Å²) in [5, 5.41) is 8.34. The lowest BCUT2D eigenvalue weighted by molar-refractivity contribution is 0.454. The SMILES string of the molecule is CC(C)C[C@@H](NS(=O)(=O)c1ccccc1)c1nnc2ccccn12. The highest BCUT2D eigenvalue weighted by molar-refractivity contribution is 7.89. The van der Waals surface area contributed by atoms with Gasteiger partial charge in [-0.25, -0.2) is 13.1 Å². The maximum Gasteiger partial charge on any atom is 0.241 e. The Bertz CT molecular complexity index is 920. The number of nitrogens with one attached hydrogen (secondary N) is 1. The van der Waals surface area contributed by atoms with E-state index >= 15 is 0 Å². The molecule has 1 atom stereocenters. The van der Waals surface area contributed by atoms with Crippen LogP contribution in [0.2, 0.25) is 0 Å². The van der Waals surface area contributed by atoms with Crippen LogP contribution in [0, 0.1) is 5.92 Å². The van der Waals surface area contributed by atoms with Crippen LogP contribution in [0.25, 0.3) is 5.65 Å². The van der Waals surface area contributed by atoms with E-state index in [1.54, 1.807) is 30.3 Å².